The summed E-state index contributed by atoms with van der Waals surface area (Å²) in [5, 5.41) is 12.0. The van der Waals surface area contributed by atoms with Gasteiger partial charge in [-0.2, -0.15) is 5.10 Å². The molecule has 0 unspecified atom stereocenters. The number of carbonyl (C=O) groups is 1. The van der Waals surface area contributed by atoms with Crippen molar-refractivity contribution in [2.75, 3.05) is 5.32 Å². The van der Waals surface area contributed by atoms with E-state index in [1.165, 1.54) is 10.2 Å². The van der Waals surface area contributed by atoms with Crippen LogP contribution in [0.5, 0.6) is 5.75 Å². The topological polar surface area (TPSA) is 86.9 Å². The largest absolute Gasteiger partial charge is 0.471 e. The SMILES string of the molecule is Cc1cccc(Cn2cnc(NC(=O)c3ccn(COc4cc(C)c(Cl)c(C)c4)n3)n2)c1. The van der Waals surface area contributed by atoms with Gasteiger partial charge >= 0.3 is 0 Å². The molecule has 0 radical (unpaired) electrons. The van der Waals surface area contributed by atoms with Crippen LogP contribution < -0.4 is 10.1 Å². The van der Waals surface area contributed by atoms with Crippen molar-refractivity contribution >= 4 is 23.5 Å². The second kappa shape index (κ2) is 9.23. The number of ether oxygens (including phenoxy) is 1. The molecular formula is C23H23ClN6O2. The number of hydrogen-bond donors (Lipinski definition) is 1. The van der Waals surface area contributed by atoms with Gasteiger partial charge < -0.3 is 4.74 Å². The van der Waals surface area contributed by atoms with Gasteiger partial charge in [-0.25, -0.2) is 14.3 Å². The van der Waals surface area contributed by atoms with Crippen LogP contribution in [0.4, 0.5) is 5.95 Å². The molecule has 9 heteroatoms. The zero-order valence-electron chi connectivity index (χ0n) is 18.0. The molecule has 8 nitrogen and oxygen atoms in total. The summed E-state index contributed by atoms with van der Waals surface area (Å²) in [5.74, 6) is 0.519. The minimum absolute atomic E-state index is 0.164. The molecule has 2 heterocycles. The number of aromatic nitrogens is 5. The highest BCUT2D eigenvalue weighted by Gasteiger charge is 2.13. The minimum Gasteiger partial charge on any atom is -0.471 e. The Kier molecular flexibility index (Phi) is 6.23. The zero-order valence-corrected chi connectivity index (χ0v) is 18.8. The number of amides is 1. The number of rotatable bonds is 7. The molecule has 2 aromatic heterocycles. The third-order valence-corrected chi connectivity index (χ3v) is 5.43. The number of benzene rings is 2. The van der Waals surface area contributed by atoms with Crippen LogP contribution in [-0.2, 0) is 13.3 Å². The Hall–Kier alpha value is -3.65. The fourth-order valence-corrected chi connectivity index (χ4v) is 3.39. The van der Waals surface area contributed by atoms with E-state index in [2.05, 4.69) is 26.6 Å². The molecule has 0 spiro atoms. The van der Waals surface area contributed by atoms with Crippen LogP contribution in [0.2, 0.25) is 5.02 Å². The molecule has 32 heavy (non-hydrogen) atoms. The predicted octanol–water partition coefficient (Wildman–Crippen LogP) is 4.39. The highest BCUT2D eigenvalue weighted by molar-refractivity contribution is 6.32. The maximum absolute atomic E-state index is 12.5. The Bertz CT molecular complexity index is 1240. The molecule has 0 atom stereocenters. The van der Waals surface area contributed by atoms with Crippen molar-refractivity contribution in [3.63, 3.8) is 0 Å². The van der Waals surface area contributed by atoms with Crippen molar-refractivity contribution in [1.82, 2.24) is 24.5 Å². The van der Waals surface area contributed by atoms with Crippen LogP contribution in [-0.4, -0.2) is 30.5 Å². The minimum atomic E-state index is -0.393. The molecule has 1 N–H and O–H groups in total. The van der Waals surface area contributed by atoms with Gasteiger partial charge in [0.1, 0.15) is 12.1 Å². The van der Waals surface area contributed by atoms with Gasteiger partial charge in [0.25, 0.3) is 5.91 Å². The lowest BCUT2D eigenvalue weighted by atomic mass is 10.1. The standard InChI is InChI=1S/C23H23ClN6O2/c1-15-5-4-6-18(9-15)12-30-13-25-23(28-30)26-22(31)20-7-8-29(27-20)14-32-19-10-16(2)21(24)17(3)11-19/h4-11,13H,12,14H2,1-3H3,(H,26,28,31). The van der Waals surface area contributed by atoms with Gasteiger partial charge in [-0.1, -0.05) is 41.4 Å². The molecule has 2 aromatic carbocycles. The van der Waals surface area contributed by atoms with Crippen LogP contribution in [0.15, 0.2) is 55.0 Å². The van der Waals surface area contributed by atoms with Crippen molar-refractivity contribution in [3.05, 3.63) is 88.0 Å². The first-order valence-corrected chi connectivity index (χ1v) is 10.4. The van der Waals surface area contributed by atoms with Crippen LogP contribution in [0.1, 0.15) is 32.7 Å². The van der Waals surface area contributed by atoms with E-state index in [1.807, 2.05) is 51.1 Å². The van der Waals surface area contributed by atoms with Crippen molar-refractivity contribution in [3.8, 4) is 5.75 Å². The van der Waals surface area contributed by atoms with E-state index in [9.17, 15) is 4.79 Å². The van der Waals surface area contributed by atoms with Crippen molar-refractivity contribution in [2.24, 2.45) is 0 Å². The van der Waals surface area contributed by atoms with Gasteiger partial charge in [0.2, 0.25) is 5.95 Å². The third kappa shape index (κ3) is 5.15. The molecule has 164 valence electrons. The second-order valence-electron chi connectivity index (χ2n) is 7.59. The van der Waals surface area contributed by atoms with Gasteiger partial charge in [-0.3, -0.25) is 10.1 Å². The Labute approximate surface area is 190 Å². The molecule has 0 aliphatic rings. The predicted molar refractivity (Wildman–Crippen MR) is 122 cm³/mol. The fraction of sp³-hybridized carbons (Fsp3) is 0.217. The van der Waals surface area contributed by atoms with Crippen LogP contribution in [0, 0.1) is 20.8 Å². The van der Waals surface area contributed by atoms with E-state index in [0.717, 1.165) is 21.7 Å². The van der Waals surface area contributed by atoms with E-state index in [4.69, 9.17) is 16.3 Å². The molecule has 0 aliphatic carbocycles. The zero-order chi connectivity index (χ0) is 22.7. The number of nitrogens with one attached hydrogen (secondary N) is 1. The van der Waals surface area contributed by atoms with Gasteiger partial charge in [0.15, 0.2) is 12.4 Å². The average molecular weight is 451 g/mol. The summed E-state index contributed by atoms with van der Waals surface area (Å²) in [6, 6.07) is 13.5. The van der Waals surface area contributed by atoms with Crippen LogP contribution >= 0.6 is 11.6 Å². The first-order valence-electron chi connectivity index (χ1n) is 10.1. The lowest BCUT2D eigenvalue weighted by Gasteiger charge is -2.10. The highest BCUT2D eigenvalue weighted by atomic mass is 35.5. The number of nitrogens with zero attached hydrogens (tertiary/aromatic N) is 5. The number of hydrogen-bond acceptors (Lipinski definition) is 5. The molecular weight excluding hydrogens is 428 g/mol. The van der Waals surface area contributed by atoms with Gasteiger partial charge in [-0.15, -0.1) is 5.10 Å². The van der Waals surface area contributed by atoms with E-state index in [-0.39, 0.29) is 18.4 Å². The lowest BCUT2D eigenvalue weighted by Crippen LogP contribution is -2.15. The summed E-state index contributed by atoms with van der Waals surface area (Å²) in [5.41, 5.74) is 4.41. The molecule has 0 aliphatic heterocycles. The summed E-state index contributed by atoms with van der Waals surface area (Å²) in [4.78, 5) is 16.7. The molecule has 0 fully saturated rings. The van der Waals surface area contributed by atoms with Crippen molar-refractivity contribution in [2.45, 2.75) is 34.0 Å². The quantitative estimate of drug-likeness (QED) is 0.451. The number of halogens is 1. The Morgan fingerprint density at radius 2 is 1.84 bits per heavy atom. The number of anilines is 1. The smallest absolute Gasteiger partial charge is 0.278 e. The summed E-state index contributed by atoms with van der Waals surface area (Å²) < 4.78 is 8.98. The molecule has 0 saturated heterocycles. The van der Waals surface area contributed by atoms with Gasteiger partial charge in [0, 0.05) is 11.2 Å². The lowest BCUT2D eigenvalue weighted by molar-refractivity contribution is 0.101. The van der Waals surface area contributed by atoms with E-state index in [1.54, 1.807) is 23.3 Å². The molecule has 4 aromatic rings. The first kappa shape index (κ1) is 21.6. The van der Waals surface area contributed by atoms with E-state index < -0.39 is 5.91 Å². The Balaban J connectivity index is 1.34. The summed E-state index contributed by atoms with van der Waals surface area (Å²) >= 11 is 6.19. The fourth-order valence-electron chi connectivity index (χ4n) is 3.28. The number of aryl methyl sites for hydroxylation is 3. The highest BCUT2D eigenvalue weighted by Crippen LogP contribution is 2.26. The van der Waals surface area contributed by atoms with Gasteiger partial charge in [0.05, 0.1) is 6.54 Å². The van der Waals surface area contributed by atoms with Crippen molar-refractivity contribution in [1.29, 1.82) is 0 Å². The Morgan fingerprint density at radius 3 is 2.59 bits per heavy atom. The van der Waals surface area contributed by atoms with Crippen molar-refractivity contribution < 1.29 is 9.53 Å². The molecule has 1 amide bonds. The maximum atomic E-state index is 12.5. The second-order valence-corrected chi connectivity index (χ2v) is 7.97. The number of carbonyl (C=O) groups excluding carboxylic acids is 1. The average Bonchev–Trinajstić information content (AvgIpc) is 3.40. The van der Waals surface area contributed by atoms with E-state index in [0.29, 0.717) is 12.3 Å². The van der Waals surface area contributed by atoms with E-state index >= 15 is 0 Å². The summed E-state index contributed by atoms with van der Waals surface area (Å²) in [7, 11) is 0. The Morgan fingerprint density at radius 1 is 1.06 bits per heavy atom. The molecule has 4 rings (SSSR count). The molecule has 0 saturated carbocycles. The third-order valence-electron chi connectivity index (χ3n) is 4.84. The maximum Gasteiger partial charge on any atom is 0.278 e. The van der Waals surface area contributed by atoms with Crippen LogP contribution in [0.25, 0.3) is 0 Å². The molecule has 0 bridgehead atoms. The normalized spacial score (nSPS) is 10.9. The summed E-state index contributed by atoms with van der Waals surface area (Å²) in [6.07, 6.45) is 3.26. The summed E-state index contributed by atoms with van der Waals surface area (Å²) in [6.45, 7) is 6.62. The first-order chi connectivity index (χ1) is 15.4. The monoisotopic (exact) mass is 450 g/mol. The van der Waals surface area contributed by atoms with Gasteiger partial charge in [-0.05, 0) is 55.7 Å². The van der Waals surface area contributed by atoms with Crippen LogP contribution in [0.3, 0.4) is 0 Å².